The Balaban J connectivity index is 1.26. The van der Waals surface area contributed by atoms with Gasteiger partial charge in [-0.2, -0.15) is 0 Å². The van der Waals surface area contributed by atoms with Gasteiger partial charge in [0.2, 0.25) is 0 Å². The van der Waals surface area contributed by atoms with Crippen LogP contribution in [0.4, 0.5) is 0 Å². The summed E-state index contributed by atoms with van der Waals surface area (Å²) in [5.74, 6) is 1.01. The van der Waals surface area contributed by atoms with Crippen molar-refractivity contribution < 1.29 is 0 Å². The van der Waals surface area contributed by atoms with Crippen LogP contribution in [0.15, 0.2) is 0 Å². The highest BCUT2D eigenvalue weighted by atomic mass is 15.3. The van der Waals surface area contributed by atoms with Crippen molar-refractivity contribution in [3.05, 3.63) is 0 Å². The van der Waals surface area contributed by atoms with Gasteiger partial charge in [0.1, 0.15) is 0 Å². The quantitative estimate of drug-likeness (QED) is 0.852. The lowest BCUT2D eigenvalue weighted by atomic mass is 9.89. The first kappa shape index (κ1) is 13.5. The number of rotatable bonds is 3. The predicted octanol–water partition coefficient (Wildman–Crippen LogP) is 2.08. The Labute approximate surface area is 124 Å². The third kappa shape index (κ3) is 2.90. The summed E-state index contributed by atoms with van der Waals surface area (Å²) in [5.41, 5.74) is 0. The molecule has 20 heavy (non-hydrogen) atoms. The summed E-state index contributed by atoms with van der Waals surface area (Å²) in [6.07, 6.45) is 11.6. The number of nitrogens with one attached hydrogen (secondary N) is 1. The Hall–Kier alpha value is -0.120. The molecule has 0 aromatic carbocycles. The second-order valence-corrected chi connectivity index (χ2v) is 7.75. The molecule has 3 atom stereocenters. The third-order valence-electron chi connectivity index (χ3n) is 6.31. The number of piperidine rings is 1. The highest BCUT2D eigenvalue weighted by Crippen LogP contribution is 2.33. The average molecular weight is 277 g/mol. The molecule has 4 saturated heterocycles. The minimum absolute atomic E-state index is 0.869. The van der Waals surface area contributed by atoms with E-state index >= 15 is 0 Å². The summed E-state index contributed by atoms with van der Waals surface area (Å²) in [7, 11) is 0. The van der Waals surface area contributed by atoms with E-state index in [0.29, 0.717) is 0 Å². The molecule has 1 N–H and O–H groups in total. The summed E-state index contributed by atoms with van der Waals surface area (Å²) in [5, 5.41) is 3.78. The van der Waals surface area contributed by atoms with E-state index in [1.807, 2.05) is 0 Å². The van der Waals surface area contributed by atoms with E-state index < -0.39 is 0 Å². The lowest BCUT2D eigenvalue weighted by Gasteiger charge is -2.31. The monoisotopic (exact) mass is 277 g/mol. The van der Waals surface area contributed by atoms with Gasteiger partial charge in [-0.15, -0.1) is 0 Å². The maximum absolute atomic E-state index is 3.78. The van der Waals surface area contributed by atoms with Crippen LogP contribution in [0.3, 0.4) is 0 Å². The fourth-order valence-corrected chi connectivity index (χ4v) is 5.26. The number of nitrogens with zero attached hydrogens (tertiary/aromatic N) is 2. The zero-order valence-corrected chi connectivity index (χ0v) is 12.9. The second-order valence-electron chi connectivity index (χ2n) is 7.75. The van der Waals surface area contributed by atoms with Gasteiger partial charge in [-0.3, -0.25) is 4.90 Å². The minimum Gasteiger partial charge on any atom is -0.311 e. The lowest BCUT2D eigenvalue weighted by Crippen LogP contribution is -2.40. The maximum atomic E-state index is 3.78. The van der Waals surface area contributed by atoms with Crippen LogP contribution in [0.5, 0.6) is 0 Å². The van der Waals surface area contributed by atoms with Gasteiger partial charge >= 0.3 is 0 Å². The molecule has 0 amide bonds. The van der Waals surface area contributed by atoms with Crippen LogP contribution < -0.4 is 5.32 Å². The number of hydrogen-bond donors (Lipinski definition) is 1. The van der Waals surface area contributed by atoms with Crippen molar-refractivity contribution in [1.29, 1.82) is 0 Å². The van der Waals surface area contributed by atoms with Crippen LogP contribution in [0.25, 0.3) is 0 Å². The van der Waals surface area contributed by atoms with Gasteiger partial charge in [-0.05, 0) is 83.5 Å². The molecule has 3 nitrogen and oxygen atoms in total. The highest BCUT2D eigenvalue weighted by molar-refractivity contribution is 4.92. The molecule has 4 rings (SSSR count). The highest BCUT2D eigenvalue weighted by Gasteiger charge is 2.34. The van der Waals surface area contributed by atoms with Crippen molar-refractivity contribution in [2.75, 3.05) is 32.7 Å². The van der Waals surface area contributed by atoms with Crippen molar-refractivity contribution in [3.8, 4) is 0 Å². The molecular formula is C17H31N3. The Morgan fingerprint density at radius 1 is 0.900 bits per heavy atom. The fraction of sp³-hybridized carbons (Fsp3) is 1.00. The summed E-state index contributed by atoms with van der Waals surface area (Å²) in [6.45, 7) is 6.81. The first-order valence-electron chi connectivity index (χ1n) is 9.09. The number of fused-ring (bicyclic) bond motifs is 3. The summed E-state index contributed by atoms with van der Waals surface area (Å²) < 4.78 is 0. The molecule has 3 heteroatoms. The smallest absolute Gasteiger partial charge is 0.0223 e. The van der Waals surface area contributed by atoms with Crippen molar-refractivity contribution >= 4 is 0 Å². The van der Waals surface area contributed by atoms with E-state index in [9.17, 15) is 0 Å². The first-order chi connectivity index (χ1) is 9.87. The minimum atomic E-state index is 0.869. The van der Waals surface area contributed by atoms with Crippen LogP contribution in [0.2, 0.25) is 0 Å². The fourth-order valence-electron chi connectivity index (χ4n) is 5.26. The molecule has 4 heterocycles. The third-order valence-corrected chi connectivity index (χ3v) is 6.31. The van der Waals surface area contributed by atoms with Gasteiger partial charge in [-0.1, -0.05) is 0 Å². The van der Waals surface area contributed by atoms with Gasteiger partial charge in [-0.25, -0.2) is 0 Å². The largest absolute Gasteiger partial charge is 0.311 e. The molecule has 3 unspecified atom stereocenters. The van der Waals surface area contributed by atoms with Gasteiger partial charge in [0.25, 0.3) is 0 Å². The van der Waals surface area contributed by atoms with Gasteiger partial charge < -0.3 is 10.2 Å². The molecular weight excluding hydrogens is 246 g/mol. The van der Waals surface area contributed by atoms with Gasteiger partial charge in [0, 0.05) is 24.7 Å². The lowest BCUT2D eigenvalue weighted by molar-refractivity contribution is 0.196. The van der Waals surface area contributed by atoms with Crippen LogP contribution in [-0.4, -0.2) is 60.6 Å². The van der Waals surface area contributed by atoms with E-state index in [1.165, 1.54) is 84.1 Å². The topological polar surface area (TPSA) is 18.5 Å². The Morgan fingerprint density at radius 3 is 2.55 bits per heavy atom. The van der Waals surface area contributed by atoms with E-state index in [0.717, 1.165) is 24.0 Å². The van der Waals surface area contributed by atoms with E-state index in [1.54, 1.807) is 0 Å². The molecule has 114 valence electrons. The van der Waals surface area contributed by atoms with Crippen molar-refractivity contribution in [1.82, 2.24) is 15.1 Å². The van der Waals surface area contributed by atoms with E-state index in [4.69, 9.17) is 0 Å². The van der Waals surface area contributed by atoms with E-state index in [2.05, 4.69) is 15.1 Å². The zero-order chi connectivity index (χ0) is 13.4. The summed E-state index contributed by atoms with van der Waals surface area (Å²) >= 11 is 0. The molecule has 4 aliphatic heterocycles. The Kier molecular flexibility index (Phi) is 4.02. The second kappa shape index (κ2) is 5.94. The molecule has 0 radical (unpaired) electrons. The molecule has 0 spiro atoms. The Bertz CT molecular complexity index is 320. The van der Waals surface area contributed by atoms with Crippen LogP contribution in [0, 0.1) is 5.92 Å². The van der Waals surface area contributed by atoms with Gasteiger partial charge in [0.05, 0.1) is 0 Å². The van der Waals surface area contributed by atoms with E-state index in [-0.39, 0.29) is 0 Å². The van der Waals surface area contributed by atoms with Crippen molar-refractivity contribution in [2.45, 2.75) is 69.5 Å². The molecule has 2 bridgehead atoms. The molecule has 4 fully saturated rings. The molecule has 0 saturated carbocycles. The SMILES string of the molecule is C1CC2CN(CCC3CC4CCC(C3)N4)CCCN2C1. The van der Waals surface area contributed by atoms with Crippen molar-refractivity contribution in [2.24, 2.45) is 5.92 Å². The van der Waals surface area contributed by atoms with Crippen LogP contribution >= 0.6 is 0 Å². The standard InChI is InChI=1S/C17H31N3/c1-3-17-13-19(7-2-9-20(17)8-1)10-6-14-11-15-4-5-16(12-14)18-15/h14-18H,1-13H2. The summed E-state index contributed by atoms with van der Waals surface area (Å²) in [4.78, 5) is 5.55. The van der Waals surface area contributed by atoms with Crippen LogP contribution in [0.1, 0.15) is 51.4 Å². The van der Waals surface area contributed by atoms with Gasteiger partial charge in [0.15, 0.2) is 0 Å². The molecule has 0 aliphatic carbocycles. The molecule has 4 aliphatic rings. The molecule has 0 aromatic heterocycles. The Morgan fingerprint density at radius 2 is 1.70 bits per heavy atom. The number of hydrogen-bond acceptors (Lipinski definition) is 3. The first-order valence-corrected chi connectivity index (χ1v) is 9.09. The normalized spacial score (nSPS) is 42.6. The maximum Gasteiger partial charge on any atom is 0.0223 e. The zero-order valence-electron chi connectivity index (χ0n) is 12.9. The molecule has 0 aromatic rings. The average Bonchev–Trinajstić information content (AvgIpc) is 2.97. The predicted molar refractivity (Wildman–Crippen MR) is 82.9 cm³/mol. The summed E-state index contributed by atoms with van der Waals surface area (Å²) in [6, 6.07) is 2.63. The van der Waals surface area contributed by atoms with Crippen molar-refractivity contribution in [3.63, 3.8) is 0 Å². The van der Waals surface area contributed by atoms with Crippen LogP contribution in [-0.2, 0) is 0 Å².